The Hall–Kier alpha value is -1.81. The van der Waals surface area contributed by atoms with Crippen LogP contribution in [0.2, 0.25) is 0 Å². The summed E-state index contributed by atoms with van der Waals surface area (Å²) < 4.78 is 4.80. The highest BCUT2D eigenvalue weighted by Crippen LogP contribution is 2.11. The van der Waals surface area contributed by atoms with Crippen molar-refractivity contribution in [3.63, 3.8) is 0 Å². The normalized spacial score (nSPS) is 10.4. The molecule has 0 aromatic heterocycles. The Morgan fingerprint density at radius 3 is 2.58 bits per heavy atom. The Morgan fingerprint density at radius 1 is 1.32 bits per heavy atom. The summed E-state index contributed by atoms with van der Waals surface area (Å²) in [6.07, 6.45) is 3.81. The highest BCUT2D eigenvalue weighted by atomic mass is 35.5. The van der Waals surface area contributed by atoms with Crippen LogP contribution in [0.1, 0.15) is 18.9 Å². The molecule has 0 atom stereocenters. The third kappa shape index (κ3) is 6.06. The minimum atomic E-state index is -0.246. The summed E-state index contributed by atoms with van der Waals surface area (Å²) in [6, 6.07) is 7.22. The number of carbonyl (C=O) groups is 2. The summed E-state index contributed by atoms with van der Waals surface area (Å²) >= 11 is 5.39. The lowest BCUT2D eigenvalue weighted by Crippen LogP contribution is -2.12. The maximum Gasteiger partial charge on any atom is 0.309 e. The molecule has 0 unspecified atom stereocenters. The predicted octanol–water partition coefficient (Wildman–Crippen LogP) is 2.83. The van der Waals surface area contributed by atoms with Gasteiger partial charge in [0.2, 0.25) is 5.91 Å². The molecular formula is C14H16ClNO3. The highest BCUT2D eigenvalue weighted by molar-refractivity contribution is 6.29. The Kier molecular flexibility index (Phi) is 6.68. The van der Waals surface area contributed by atoms with Gasteiger partial charge in [-0.3, -0.25) is 9.59 Å². The molecule has 1 aromatic rings. The van der Waals surface area contributed by atoms with Gasteiger partial charge in [-0.2, -0.15) is 0 Å². The maximum absolute atomic E-state index is 11.1. The Balaban J connectivity index is 2.50. The standard InChI is InChI=1S/C14H16ClNO3/c1-2-19-14(18)5-3-4-11-6-8-12(9-7-11)16-13(17)10-15/h3-4,6-9H,2,5,10H2,1H3,(H,16,17). The Labute approximate surface area is 117 Å². The van der Waals surface area contributed by atoms with E-state index in [-0.39, 0.29) is 24.2 Å². The first kappa shape index (κ1) is 15.2. The second-order valence-electron chi connectivity index (χ2n) is 3.72. The van der Waals surface area contributed by atoms with E-state index in [9.17, 15) is 9.59 Å². The molecule has 0 radical (unpaired) electrons. The fourth-order valence-corrected chi connectivity index (χ4v) is 1.45. The summed E-state index contributed by atoms with van der Waals surface area (Å²) in [4.78, 5) is 22.2. The van der Waals surface area contributed by atoms with Gasteiger partial charge in [0.15, 0.2) is 0 Å². The summed E-state index contributed by atoms with van der Waals surface area (Å²) in [7, 11) is 0. The maximum atomic E-state index is 11.1. The molecule has 1 aromatic carbocycles. The lowest BCUT2D eigenvalue weighted by molar-refractivity contribution is -0.142. The molecule has 0 bridgehead atoms. The van der Waals surface area contributed by atoms with Gasteiger partial charge in [-0.05, 0) is 24.6 Å². The van der Waals surface area contributed by atoms with Crippen molar-refractivity contribution in [1.82, 2.24) is 0 Å². The van der Waals surface area contributed by atoms with Gasteiger partial charge in [0.05, 0.1) is 13.0 Å². The van der Waals surface area contributed by atoms with Gasteiger partial charge < -0.3 is 10.1 Å². The average Bonchev–Trinajstić information content (AvgIpc) is 2.41. The number of benzene rings is 1. The van der Waals surface area contributed by atoms with E-state index in [4.69, 9.17) is 16.3 Å². The van der Waals surface area contributed by atoms with Crippen molar-refractivity contribution < 1.29 is 14.3 Å². The van der Waals surface area contributed by atoms with Crippen LogP contribution in [0.4, 0.5) is 5.69 Å². The monoisotopic (exact) mass is 281 g/mol. The predicted molar refractivity (Wildman–Crippen MR) is 76.1 cm³/mol. The smallest absolute Gasteiger partial charge is 0.309 e. The van der Waals surface area contributed by atoms with E-state index in [0.717, 1.165) is 5.56 Å². The van der Waals surface area contributed by atoms with Crippen LogP contribution < -0.4 is 5.32 Å². The topological polar surface area (TPSA) is 55.4 Å². The SMILES string of the molecule is CCOC(=O)CC=Cc1ccc(NC(=O)CCl)cc1. The molecule has 0 saturated carbocycles. The van der Waals surface area contributed by atoms with E-state index in [0.29, 0.717) is 12.3 Å². The third-order valence-electron chi connectivity index (χ3n) is 2.22. The van der Waals surface area contributed by atoms with Crippen molar-refractivity contribution in [3.05, 3.63) is 35.9 Å². The number of ether oxygens (including phenoxy) is 1. The van der Waals surface area contributed by atoms with Gasteiger partial charge in [0.1, 0.15) is 5.88 Å². The molecule has 0 aliphatic rings. The van der Waals surface area contributed by atoms with Crippen LogP contribution in [0, 0.1) is 0 Å². The van der Waals surface area contributed by atoms with Gasteiger partial charge in [0, 0.05) is 5.69 Å². The number of amides is 1. The lowest BCUT2D eigenvalue weighted by atomic mass is 10.2. The Morgan fingerprint density at radius 2 is 2.00 bits per heavy atom. The van der Waals surface area contributed by atoms with Crippen LogP contribution in [0.15, 0.2) is 30.3 Å². The van der Waals surface area contributed by atoms with Gasteiger partial charge in [-0.15, -0.1) is 11.6 Å². The van der Waals surface area contributed by atoms with Gasteiger partial charge in [0.25, 0.3) is 0 Å². The van der Waals surface area contributed by atoms with Crippen molar-refractivity contribution >= 4 is 35.2 Å². The van der Waals surface area contributed by atoms with Crippen LogP contribution in [0.25, 0.3) is 6.08 Å². The number of carbonyl (C=O) groups excluding carboxylic acids is 2. The second-order valence-corrected chi connectivity index (χ2v) is 3.98. The second kappa shape index (κ2) is 8.32. The fourth-order valence-electron chi connectivity index (χ4n) is 1.38. The van der Waals surface area contributed by atoms with Gasteiger partial charge in [-0.1, -0.05) is 24.3 Å². The van der Waals surface area contributed by atoms with E-state index in [2.05, 4.69) is 5.32 Å². The third-order valence-corrected chi connectivity index (χ3v) is 2.46. The largest absolute Gasteiger partial charge is 0.466 e. The van der Waals surface area contributed by atoms with Crippen LogP contribution in [-0.2, 0) is 14.3 Å². The molecule has 0 aliphatic heterocycles. The van der Waals surface area contributed by atoms with Crippen LogP contribution in [0.5, 0.6) is 0 Å². The molecule has 0 heterocycles. The zero-order valence-electron chi connectivity index (χ0n) is 10.7. The summed E-state index contributed by atoms with van der Waals surface area (Å²) in [6.45, 7) is 2.16. The first-order valence-electron chi connectivity index (χ1n) is 5.93. The van der Waals surface area contributed by atoms with E-state index >= 15 is 0 Å². The van der Waals surface area contributed by atoms with Crippen molar-refractivity contribution in [2.45, 2.75) is 13.3 Å². The molecular weight excluding hydrogens is 266 g/mol. The summed E-state index contributed by atoms with van der Waals surface area (Å²) in [5.74, 6) is -0.557. The first-order valence-corrected chi connectivity index (χ1v) is 6.47. The molecule has 0 aliphatic carbocycles. The molecule has 0 saturated heterocycles. The van der Waals surface area contributed by atoms with E-state index in [1.165, 1.54) is 0 Å². The number of esters is 1. The van der Waals surface area contributed by atoms with E-state index in [1.54, 1.807) is 25.1 Å². The lowest BCUT2D eigenvalue weighted by Gasteiger charge is -2.02. The molecule has 1 amide bonds. The average molecular weight is 282 g/mol. The highest BCUT2D eigenvalue weighted by Gasteiger charge is 1.99. The quantitative estimate of drug-likeness (QED) is 0.644. The molecule has 4 nitrogen and oxygen atoms in total. The number of anilines is 1. The Bertz CT molecular complexity index is 454. The molecule has 1 N–H and O–H groups in total. The first-order chi connectivity index (χ1) is 9.15. The summed E-state index contributed by atoms with van der Waals surface area (Å²) in [5, 5.41) is 2.64. The summed E-state index contributed by atoms with van der Waals surface area (Å²) in [5.41, 5.74) is 1.63. The molecule has 102 valence electrons. The van der Waals surface area contributed by atoms with E-state index < -0.39 is 0 Å². The molecule has 0 fully saturated rings. The number of halogens is 1. The number of hydrogen-bond acceptors (Lipinski definition) is 3. The number of nitrogens with one attached hydrogen (secondary N) is 1. The number of alkyl halides is 1. The van der Waals surface area contributed by atoms with Crippen molar-refractivity contribution in [2.24, 2.45) is 0 Å². The van der Waals surface area contributed by atoms with Crippen LogP contribution >= 0.6 is 11.6 Å². The van der Waals surface area contributed by atoms with Gasteiger partial charge >= 0.3 is 5.97 Å². The zero-order chi connectivity index (χ0) is 14.1. The zero-order valence-corrected chi connectivity index (χ0v) is 11.4. The molecule has 19 heavy (non-hydrogen) atoms. The molecule has 5 heteroatoms. The minimum Gasteiger partial charge on any atom is -0.466 e. The van der Waals surface area contributed by atoms with Crippen molar-refractivity contribution in [1.29, 1.82) is 0 Å². The number of rotatable bonds is 6. The molecule has 0 spiro atoms. The number of hydrogen-bond donors (Lipinski definition) is 1. The van der Waals surface area contributed by atoms with E-state index in [1.807, 2.05) is 18.2 Å². The van der Waals surface area contributed by atoms with Gasteiger partial charge in [-0.25, -0.2) is 0 Å². The fraction of sp³-hybridized carbons (Fsp3) is 0.286. The molecule has 1 rings (SSSR count). The minimum absolute atomic E-state index is 0.0683. The van der Waals surface area contributed by atoms with Crippen molar-refractivity contribution in [3.8, 4) is 0 Å². The van der Waals surface area contributed by atoms with Crippen LogP contribution in [-0.4, -0.2) is 24.4 Å². The van der Waals surface area contributed by atoms with Crippen LogP contribution in [0.3, 0.4) is 0 Å². The van der Waals surface area contributed by atoms with Crippen molar-refractivity contribution in [2.75, 3.05) is 17.8 Å².